The second-order valence-corrected chi connectivity index (χ2v) is 5.28. The van der Waals surface area contributed by atoms with Crippen LogP contribution in [0.15, 0.2) is 41.2 Å². The molecule has 2 heterocycles. The second kappa shape index (κ2) is 4.90. The number of aromatic nitrogens is 1. The molecule has 0 N–H and O–H groups in total. The van der Waals surface area contributed by atoms with Crippen LogP contribution in [0.2, 0.25) is 0 Å². The van der Waals surface area contributed by atoms with E-state index in [4.69, 9.17) is 0 Å². The maximum absolute atomic E-state index is 12.0. The topological polar surface area (TPSA) is 33.2 Å². The third-order valence-corrected chi connectivity index (χ3v) is 3.96. The Kier molecular flexibility index (Phi) is 3.11. The van der Waals surface area contributed by atoms with Crippen molar-refractivity contribution in [3.63, 3.8) is 0 Å². The Bertz CT molecular complexity index is 524. The van der Waals surface area contributed by atoms with Crippen molar-refractivity contribution in [2.24, 2.45) is 0 Å². The second-order valence-electron chi connectivity index (χ2n) is 4.57. The molecule has 1 fully saturated rings. The van der Waals surface area contributed by atoms with Gasteiger partial charge < -0.3 is 4.90 Å². The van der Waals surface area contributed by atoms with E-state index in [2.05, 4.69) is 17.1 Å². The summed E-state index contributed by atoms with van der Waals surface area (Å²) in [6.45, 7) is 1.45. The van der Waals surface area contributed by atoms with Gasteiger partial charge in [0, 0.05) is 24.3 Å². The lowest BCUT2D eigenvalue weighted by Gasteiger charge is -2.15. The SMILES string of the molecule is O=C1C[C@H](c2ccccc2)CN1Cc1cscn1. The molecule has 1 aromatic heterocycles. The molecule has 1 aliphatic heterocycles. The number of carbonyl (C=O) groups excluding carboxylic acids is 1. The van der Waals surface area contributed by atoms with Crippen LogP contribution >= 0.6 is 11.3 Å². The van der Waals surface area contributed by atoms with Crippen LogP contribution in [0.25, 0.3) is 0 Å². The van der Waals surface area contributed by atoms with E-state index in [1.807, 2.05) is 34.0 Å². The molecule has 1 aromatic carbocycles. The number of hydrogen-bond donors (Lipinski definition) is 0. The summed E-state index contributed by atoms with van der Waals surface area (Å²) in [4.78, 5) is 18.1. The number of thiazole rings is 1. The lowest BCUT2D eigenvalue weighted by molar-refractivity contribution is -0.128. The average Bonchev–Trinajstić information content (AvgIpc) is 3.02. The highest BCUT2D eigenvalue weighted by Gasteiger charge is 2.30. The molecule has 0 radical (unpaired) electrons. The number of hydrogen-bond acceptors (Lipinski definition) is 3. The molecule has 0 saturated carbocycles. The van der Waals surface area contributed by atoms with E-state index in [1.165, 1.54) is 5.56 Å². The molecule has 1 aliphatic rings. The van der Waals surface area contributed by atoms with E-state index in [0.717, 1.165) is 12.2 Å². The van der Waals surface area contributed by atoms with E-state index in [0.29, 0.717) is 18.9 Å². The summed E-state index contributed by atoms with van der Waals surface area (Å²) in [5.74, 6) is 0.564. The molecule has 0 spiro atoms. The number of rotatable bonds is 3. The Labute approximate surface area is 110 Å². The monoisotopic (exact) mass is 258 g/mol. The van der Waals surface area contributed by atoms with Gasteiger partial charge in [0.1, 0.15) is 0 Å². The quantitative estimate of drug-likeness (QED) is 0.848. The summed E-state index contributed by atoms with van der Waals surface area (Å²) in [6, 6.07) is 10.3. The van der Waals surface area contributed by atoms with Crippen molar-refractivity contribution < 1.29 is 4.79 Å². The highest BCUT2D eigenvalue weighted by atomic mass is 32.1. The van der Waals surface area contributed by atoms with Crippen molar-refractivity contribution in [1.82, 2.24) is 9.88 Å². The highest BCUT2D eigenvalue weighted by molar-refractivity contribution is 7.07. The van der Waals surface area contributed by atoms with Gasteiger partial charge in [-0.05, 0) is 5.56 Å². The minimum atomic E-state index is 0.233. The number of nitrogens with zero attached hydrogens (tertiary/aromatic N) is 2. The van der Waals surface area contributed by atoms with Crippen molar-refractivity contribution in [1.29, 1.82) is 0 Å². The van der Waals surface area contributed by atoms with E-state index in [9.17, 15) is 4.79 Å². The minimum Gasteiger partial charge on any atom is -0.336 e. The van der Waals surface area contributed by atoms with Crippen molar-refractivity contribution in [2.75, 3.05) is 6.54 Å². The molecule has 1 atom stereocenters. The first-order valence-corrected chi connectivity index (χ1v) is 6.97. The van der Waals surface area contributed by atoms with Crippen LogP contribution in [0.1, 0.15) is 23.6 Å². The van der Waals surface area contributed by atoms with Crippen LogP contribution in [-0.4, -0.2) is 22.3 Å². The Balaban J connectivity index is 1.71. The molecule has 4 heteroatoms. The van der Waals surface area contributed by atoms with Gasteiger partial charge in [-0.1, -0.05) is 30.3 Å². The molecule has 0 aliphatic carbocycles. The fraction of sp³-hybridized carbons (Fsp3) is 0.286. The summed E-state index contributed by atoms with van der Waals surface area (Å²) in [7, 11) is 0. The molecule has 1 saturated heterocycles. The highest BCUT2D eigenvalue weighted by Crippen LogP contribution is 2.28. The molecule has 0 unspecified atom stereocenters. The smallest absolute Gasteiger partial charge is 0.223 e. The molecular weight excluding hydrogens is 244 g/mol. The van der Waals surface area contributed by atoms with Crippen LogP contribution in [0.4, 0.5) is 0 Å². The van der Waals surface area contributed by atoms with E-state index < -0.39 is 0 Å². The molecule has 0 bridgehead atoms. The van der Waals surface area contributed by atoms with E-state index >= 15 is 0 Å². The lowest BCUT2D eigenvalue weighted by atomic mass is 9.99. The van der Waals surface area contributed by atoms with Gasteiger partial charge in [-0.3, -0.25) is 4.79 Å². The Morgan fingerprint density at radius 2 is 2.17 bits per heavy atom. The first-order chi connectivity index (χ1) is 8.83. The van der Waals surface area contributed by atoms with Gasteiger partial charge in [-0.15, -0.1) is 11.3 Å². The molecular formula is C14H14N2OS. The summed E-state index contributed by atoms with van der Waals surface area (Å²) in [5.41, 5.74) is 4.05. The number of benzene rings is 1. The third kappa shape index (κ3) is 2.29. The summed E-state index contributed by atoms with van der Waals surface area (Å²) < 4.78 is 0. The Morgan fingerprint density at radius 3 is 2.89 bits per heavy atom. The minimum absolute atomic E-state index is 0.233. The maximum atomic E-state index is 12.0. The van der Waals surface area contributed by atoms with Crippen LogP contribution in [0.5, 0.6) is 0 Å². The molecule has 2 aromatic rings. The molecule has 92 valence electrons. The van der Waals surface area contributed by atoms with Gasteiger partial charge in [-0.25, -0.2) is 4.98 Å². The van der Waals surface area contributed by atoms with Crippen molar-refractivity contribution in [2.45, 2.75) is 18.9 Å². The zero-order valence-electron chi connectivity index (χ0n) is 9.95. The van der Waals surface area contributed by atoms with Gasteiger partial charge in [0.15, 0.2) is 0 Å². The van der Waals surface area contributed by atoms with Gasteiger partial charge >= 0.3 is 0 Å². The van der Waals surface area contributed by atoms with Crippen LogP contribution in [0.3, 0.4) is 0 Å². The summed E-state index contributed by atoms with van der Waals surface area (Å²) in [5, 5.41) is 2.00. The largest absolute Gasteiger partial charge is 0.336 e. The number of carbonyl (C=O) groups is 1. The maximum Gasteiger partial charge on any atom is 0.223 e. The zero-order valence-corrected chi connectivity index (χ0v) is 10.8. The summed E-state index contributed by atoms with van der Waals surface area (Å²) >= 11 is 1.57. The lowest BCUT2D eigenvalue weighted by Crippen LogP contribution is -2.24. The van der Waals surface area contributed by atoms with Crippen LogP contribution < -0.4 is 0 Å². The molecule has 1 amide bonds. The first-order valence-electron chi connectivity index (χ1n) is 6.03. The number of amides is 1. The van der Waals surface area contributed by atoms with E-state index in [1.54, 1.807) is 11.3 Å². The third-order valence-electron chi connectivity index (χ3n) is 3.32. The van der Waals surface area contributed by atoms with Crippen molar-refractivity contribution >= 4 is 17.2 Å². The van der Waals surface area contributed by atoms with Gasteiger partial charge in [0.05, 0.1) is 17.7 Å². The Hall–Kier alpha value is -1.68. The predicted octanol–water partition coefficient (Wildman–Crippen LogP) is 2.66. The van der Waals surface area contributed by atoms with Crippen molar-refractivity contribution in [3.05, 3.63) is 52.5 Å². The zero-order chi connectivity index (χ0) is 12.4. The number of likely N-dealkylation sites (tertiary alicyclic amines) is 1. The fourth-order valence-electron chi connectivity index (χ4n) is 2.38. The summed E-state index contributed by atoms with van der Waals surface area (Å²) in [6.07, 6.45) is 0.619. The molecule has 3 rings (SSSR count). The normalized spacial score (nSPS) is 19.4. The standard InChI is InChI=1S/C14H14N2OS/c17-14-6-12(11-4-2-1-3-5-11)7-16(14)8-13-9-18-10-15-13/h1-5,9-10,12H,6-8H2/t12-/m0/s1. The molecule has 3 nitrogen and oxygen atoms in total. The van der Waals surface area contributed by atoms with Gasteiger partial charge in [-0.2, -0.15) is 0 Å². The van der Waals surface area contributed by atoms with Crippen LogP contribution in [0, 0.1) is 0 Å². The van der Waals surface area contributed by atoms with Crippen LogP contribution in [-0.2, 0) is 11.3 Å². The van der Waals surface area contributed by atoms with E-state index in [-0.39, 0.29) is 5.91 Å². The Morgan fingerprint density at radius 1 is 1.33 bits per heavy atom. The molecule has 18 heavy (non-hydrogen) atoms. The van der Waals surface area contributed by atoms with Gasteiger partial charge in [0.2, 0.25) is 5.91 Å². The fourth-order valence-corrected chi connectivity index (χ4v) is 2.93. The predicted molar refractivity (Wildman–Crippen MR) is 71.3 cm³/mol. The van der Waals surface area contributed by atoms with Crippen molar-refractivity contribution in [3.8, 4) is 0 Å². The first kappa shape index (κ1) is 11.4. The average molecular weight is 258 g/mol. The van der Waals surface area contributed by atoms with Gasteiger partial charge in [0.25, 0.3) is 0 Å².